The molecule has 5 nitrogen and oxygen atoms in total. The van der Waals surface area contributed by atoms with Crippen LogP contribution in [0, 0.1) is 0 Å². The minimum Gasteiger partial charge on any atom is -0.489 e. The van der Waals surface area contributed by atoms with Crippen LogP contribution < -0.4 is 10.1 Å². The summed E-state index contributed by atoms with van der Waals surface area (Å²) in [6, 6.07) is 16.5. The molecule has 28 heavy (non-hydrogen) atoms. The van der Waals surface area contributed by atoms with Crippen molar-refractivity contribution >= 4 is 23.5 Å². The Balaban J connectivity index is 2.03. The highest BCUT2D eigenvalue weighted by atomic mass is 35.5. The number of carbonyl (C=O) groups is 2. The van der Waals surface area contributed by atoms with E-state index >= 15 is 0 Å². The third-order valence-corrected chi connectivity index (χ3v) is 4.06. The number of alkyl halides is 1. The maximum atomic E-state index is 12.2. The molecular formula is C22H26ClNO4. The smallest absolute Gasteiger partial charge is 0.408 e. The number of hydrogen-bond acceptors (Lipinski definition) is 4. The number of hydrogen-bond donors (Lipinski definition) is 1. The molecule has 0 radical (unpaired) electrons. The van der Waals surface area contributed by atoms with Crippen molar-refractivity contribution in [1.29, 1.82) is 0 Å². The number of benzene rings is 2. The Kier molecular flexibility index (Phi) is 7.88. The second-order valence-corrected chi connectivity index (χ2v) is 7.69. The second-order valence-electron chi connectivity index (χ2n) is 7.42. The van der Waals surface area contributed by atoms with Gasteiger partial charge in [0.25, 0.3) is 0 Å². The number of ketones is 1. The van der Waals surface area contributed by atoms with Crippen molar-refractivity contribution in [2.45, 2.75) is 45.4 Å². The SMILES string of the molecule is CC(C)(C)OC(=O)N[C@@H](Cc1cccc(OCc2ccccc2)c1)C(=O)CCl. The van der Waals surface area contributed by atoms with Crippen LogP contribution in [0.1, 0.15) is 31.9 Å². The van der Waals surface area contributed by atoms with Gasteiger partial charge in [-0.2, -0.15) is 0 Å². The number of rotatable bonds is 8. The van der Waals surface area contributed by atoms with Gasteiger partial charge in [-0.15, -0.1) is 11.6 Å². The predicted molar refractivity (Wildman–Crippen MR) is 110 cm³/mol. The number of halogens is 1. The molecule has 0 spiro atoms. The van der Waals surface area contributed by atoms with Crippen LogP contribution in [0.3, 0.4) is 0 Å². The lowest BCUT2D eigenvalue weighted by molar-refractivity contribution is -0.118. The van der Waals surface area contributed by atoms with E-state index in [2.05, 4.69) is 5.32 Å². The van der Waals surface area contributed by atoms with Gasteiger partial charge in [0, 0.05) is 6.42 Å². The molecule has 1 amide bonds. The van der Waals surface area contributed by atoms with Crippen LogP contribution in [0.15, 0.2) is 54.6 Å². The van der Waals surface area contributed by atoms with E-state index in [9.17, 15) is 9.59 Å². The van der Waals surface area contributed by atoms with Crippen molar-refractivity contribution in [2.75, 3.05) is 5.88 Å². The summed E-state index contributed by atoms with van der Waals surface area (Å²) in [6.07, 6.45) is -0.347. The average Bonchev–Trinajstić information content (AvgIpc) is 2.65. The van der Waals surface area contributed by atoms with Crippen molar-refractivity contribution in [1.82, 2.24) is 5.32 Å². The van der Waals surface area contributed by atoms with Gasteiger partial charge >= 0.3 is 6.09 Å². The minimum absolute atomic E-state index is 0.190. The molecule has 0 unspecified atom stereocenters. The fourth-order valence-electron chi connectivity index (χ4n) is 2.53. The van der Waals surface area contributed by atoms with Gasteiger partial charge in [-0.3, -0.25) is 4.79 Å². The van der Waals surface area contributed by atoms with Crippen LogP contribution in [-0.4, -0.2) is 29.4 Å². The van der Waals surface area contributed by atoms with Crippen LogP contribution in [-0.2, 0) is 22.6 Å². The molecule has 0 bridgehead atoms. The first-order chi connectivity index (χ1) is 13.3. The molecule has 0 heterocycles. The molecule has 6 heteroatoms. The quantitative estimate of drug-likeness (QED) is 0.658. The minimum atomic E-state index is -0.767. The molecule has 1 N–H and O–H groups in total. The van der Waals surface area contributed by atoms with E-state index in [1.165, 1.54) is 0 Å². The Hall–Kier alpha value is -2.53. The highest BCUT2D eigenvalue weighted by Gasteiger charge is 2.24. The van der Waals surface area contributed by atoms with Gasteiger partial charge in [-0.05, 0) is 44.0 Å². The maximum absolute atomic E-state index is 12.2. The molecule has 0 saturated heterocycles. The summed E-state index contributed by atoms with van der Waals surface area (Å²) in [7, 11) is 0. The number of carbonyl (C=O) groups excluding carboxylic acids is 2. The summed E-state index contributed by atoms with van der Waals surface area (Å²) in [4.78, 5) is 24.2. The Bertz CT molecular complexity index is 787. The predicted octanol–water partition coefficient (Wildman–Crippen LogP) is 4.51. The summed E-state index contributed by atoms with van der Waals surface area (Å²) in [6.45, 7) is 5.74. The van der Waals surface area contributed by atoms with Gasteiger partial charge in [0.1, 0.15) is 18.0 Å². The van der Waals surface area contributed by atoms with E-state index in [-0.39, 0.29) is 11.7 Å². The molecule has 2 aromatic rings. The Morgan fingerprint density at radius 2 is 1.71 bits per heavy atom. The third kappa shape index (κ3) is 7.61. The normalized spacial score (nSPS) is 12.1. The van der Waals surface area contributed by atoms with Crippen molar-refractivity contribution in [2.24, 2.45) is 0 Å². The van der Waals surface area contributed by atoms with Gasteiger partial charge in [0.15, 0.2) is 5.78 Å². The molecule has 0 aliphatic rings. The number of alkyl carbamates (subject to hydrolysis) is 1. The van der Waals surface area contributed by atoms with Crippen LogP contribution >= 0.6 is 11.6 Å². The van der Waals surface area contributed by atoms with E-state index in [4.69, 9.17) is 21.1 Å². The van der Waals surface area contributed by atoms with Gasteiger partial charge in [0.05, 0.1) is 11.9 Å². The van der Waals surface area contributed by atoms with Crippen LogP contribution in [0.5, 0.6) is 5.75 Å². The summed E-state index contributed by atoms with van der Waals surface area (Å²) < 4.78 is 11.1. The Labute approximate surface area is 171 Å². The molecule has 0 aliphatic carbocycles. The van der Waals surface area contributed by atoms with E-state index in [0.29, 0.717) is 18.8 Å². The van der Waals surface area contributed by atoms with Crippen molar-refractivity contribution in [3.63, 3.8) is 0 Å². The van der Waals surface area contributed by atoms with Crippen molar-refractivity contribution in [3.05, 3.63) is 65.7 Å². The van der Waals surface area contributed by atoms with Gasteiger partial charge < -0.3 is 14.8 Å². The number of ether oxygens (including phenoxy) is 2. The summed E-state index contributed by atoms with van der Waals surface area (Å²) in [5.74, 6) is 0.226. The summed E-state index contributed by atoms with van der Waals surface area (Å²) in [5.41, 5.74) is 1.27. The Morgan fingerprint density at radius 3 is 2.36 bits per heavy atom. The zero-order chi connectivity index (χ0) is 20.6. The molecule has 0 saturated carbocycles. The fraction of sp³-hybridized carbons (Fsp3) is 0.364. The average molecular weight is 404 g/mol. The van der Waals surface area contributed by atoms with E-state index < -0.39 is 17.7 Å². The van der Waals surface area contributed by atoms with E-state index in [1.54, 1.807) is 20.8 Å². The van der Waals surface area contributed by atoms with Gasteiger partial charge in [-0.25, -0.2) is 4.79 Å². The van der Waals surface area contributed by atoms with E-state index in [0.717, 1.165) is 11.1 Å². The maximum Gasteiger partial charge on any atom is 0.408 e. The fourth-order valence-corrected chi connectivity index (χ4v) is 2.71. The topological polar surface area (TPSA) is 64.6 Å². The molecule has 0 fully saturated rings. The lowest BCUT2D eigenvalue weighted by Gasteiger charge is -2.23. The summed E-state index contributed by atoms with van der Waals surface area (Å²) in [5, 5.41) is 2.61. The number of Topliss-reactive ketones (excluding diaryl/α,β-unsaturated/α-hetero) is 1. The lowest BCUT2D eigenvalue weighted by Crippen LogP contribution is -2.45. The first-order valence-corrected chi connectivity index (χ1v) is 9.64. The lowest BCUT2D eigenvalue weighted by atomic mass is 10.0. The highest BCUT2D eigenvalue weighted by Crippen LogP contribution is 2.17. The van der Waals surface area contributed by atoms with E-state index in [1.807, 2.05) is 54.6 Å². The highest BCUT2D eigenvalue weighted by molar-refractivity contribution is 6.28. The first-order valence-electron chi connectivity index (χ1n) is 9.10. The zero-order valence-electron chi connectivity index (χ0n) is 16.4. The van der Waals surface area contributed by atoms with Crippen molar-refractivity contribution in [3.8, 4) is 5.75 Å². The van der Waals surface area contributed by atoms with Crippen LogP contribution in [0.2, 0.25) is 0 Å². The largest absolute Gasteiger partial charge is 0.489 e. The zero-order valence-corrected chi connectivity index (χ0v) is 17.2. The molecule has 0 aliphatic heterocycles. The molecule has 2 rings (SSSR count). The molecular weight excluding hydrogens is 378 g/mol. The molecule has 1 atom stereocenters. The standard InChI is InChI=1S/C22H26ClNO4/c1-22(2,3)28-21(26)24-19(20(25)14-23)13-17-10-7-11-18(12-17)27-15-16-8-5-4-6-9-16/h4-12,19H,13-15H2,1-3H3,(H,24,26)/t19-/m0/s1. The van der Waals surface area contributed by atoms with Crippen LogP contribution in [0.25, 0.3) is 0 Å². The molecule has 150 valence electrons. The number of amides is 1. The Morgan fingerprint density at radius 1 is 1.04 bits per heavy atom. The second kappa shape index (κ2) is 10.1. The molecule has 2 aromatic carbocycles. The van der Waals surface area contributed by atoms with Crippen LogP contribution in [0.4, 0.5) is 4.79 Å². The first kappa shape index (κ1) is 21.8. The van der Waals surface area contributed by atoms with Gasteiger partial charge in [0.2, 0.25) is 0 Å². The monoisotopic (exact) mass is 403 g/mol. The summed E-state index contributed by atoms with van der Waals surface area (Å²) >= 11 is 5.71. The van der Waals surface area contributed by atoms with Crippen molar-refractivity contribution < 1.29 is 19.1 Å². The molecule has 0 aromatic heterocycles. The van der Waals surface area contributed by atoms with Gasteiger partial charge in [-0.1, -0.05) is 42.5 Å². The number of nitrogens with one attached hydrogen (secondary N) is 1. The third-order valence-electron chi connectivity index (χ3n) is 3.80.